The first-order chi connectivity index (χ1) is 8.95. The Morgan fingerprint density at radius 3 is 2.74 bits per heavy atom. The number of nitrogens with two attached hydrogens (primary N) is 1. The molecule has 0 saturated carbocycles. The summed E-state index contributed by atoms with van der Waals surface area (Å²) in [6.45, 7) is 1.09. The molecule has 0 spiro atoms. The number of carbonyl (C=O) groups excluding carboxylic acids is 1. The van der Waals surface area contributed by atoms with Crippen LogP contribution in [-0.2, 0) is 0 Å². The van der Waals surface area contributed by atoms with E-state index in [1.807, 2.05) is 0 Å². The summed E-state index contributed by atoms with van der Waals surface area (Å²) in [5, 5.41) is 11.8. The van der Waals surface area contributed by atoms with E-state index in [2.05, 4.69) is 5.32 Å². The molecule has 1 fully saturated rings. The highest BCUT2D eigenvalue weighted by molar-refractivity contribution is 6.31. The van der Waals surface area contributed by atoms with E-state index in [9.17, 15) is 9.59 Å². The van der Waals surface area contributed by atoms with Gasteiger partial charge in [-0.2, -0.15) is 0 Å². The minimum atomic E-state index is -1.10. The molecule has 0 aliphatic carbocycles. The molecule has 1 saturated heterocycles. The average molecular weight is 284 g/mol. The first kappa shape index (κ1) is 13.6. The number of hydrogen-bond donors (Lipinski definition) is 3. The first-order valence-electron chi connectivity index (χ1n) is 5.81. The van der Waals surface area contributed by atoms with Crippen LogP contribution in [0, 0.1) is 0 Å². The van der Waals surface area contributed by atoms with Crippen molar-refractivity contribution in [3.8, 4) is 0 Å². The SMILES string of the molecule is NC1CCN(C(=O)Nc2cc(Cl)cc(C(=O)O)c2)C1. The quantitative estimate of drug-likeness (QED) is 0.768. The molecule has 1 aliphatic rings. The standard InChI is InChI=1S/C12H14ClN3O3/c13-8-3-7(11(17)18)4-10(5-8)15-12(19)16-2-1-9(14)6-16/h3-5,9H,1-2,6,14H2,(H,15,19)(H,17,18). The molecule has 7 heteroatoms. The number of anilines is 1. The summed E-state index contributed by atoms with van der Waals surface area (Å²) in [5.41, 5.74) is 6.11. The van der Waals surface area contributed by atoms with E-state index >= 15 is 0 Å². The summed E-state index contributed by atoms with van der Waals surface area (Å²) in [4.78, 5) is 24.4. The molecule has 1 atom stereocenters. The third-order valence-electron chi connectivity index (χ3n) is 2.91. The Morgan fingerprint density at radius 2 is 2.16 bits per heavy atom. The van der Waals surface area contributed by atoms with E-state index in [-0.39, 0.29) is 22.7 Å². The van der Waals surface area contributed by atoms with Gasteiger partial charge in [0.15, 0.2) is 0 Å². The Kier molecular flexibility index (Phi) is 3.92. The van der Waals surface area contributed by atoms with Gasteiger partial charge in [0.1, 0.15) is 0 Å². The number of urea groups is 1. The molecule has 1 aromatic rings. The highest BCUT2D eigenvalue weighted by Crippen LogP contribution is 2.20. The number of amides is 2. The second-order valence-electron chi connectivity index (χ2n) is 4.46. The minimum Gasteiger partial charge on any atom is -0.478 e. The average Bonchev–Trinajstić information content (AvgIpc) is 2.75. The molecule has 6 nitrogen and oxygen atoms in total. The van der Waals surface area contributed by atoms with E-state index < -0.39 is 5.97 Å². The van der Waals surface area contributed by atoms with Crippen molar-refractivity contribution in [2.24, 2.45) is 5.73 Å². The van der Waals surface area contributed by atoms with E-state index in [4.69, 9.17) is 22.4 Å². The van der Waals surface area contributed by atoms with Crippen LogP contribution in [0.4, 0.5) is 10.5 Å². The number of halogens is 1. The third-order valence-corrected chi connectivity index (χ3v) is 3.13. The molecule has 102 valence electrons. The molecule has 0 radical (unpaired) electrons. The lowest BCUT2D eigenvalue weighted by Gasteiger charge is -2.17. The van der Waals surface area contributed by atoms with Gasteiger partial charge in [0, 0.05) is 29.8 Å². The lowest BCUT2D eigenvalue weighted by Crippen LogP contribution is -2.35. The van der Waals surface area contributed by atoms with Crippen molar-refractivity contribution >= 4 is 29.3 Å². The summed E-state index contributed by atoms with van der Waals surface area (Å²) in [6, 6.07) is 3.89. The molecule has 0 aromatic heterocycles. The number of likely N-dealkylation sites (tertiary alicyclic amines) is 1. The molecule has 4 N–H and O–H groups in total. The van der Waals surface area contributed by atoms with Gasteiger partial charge in [-0.05, 0) is 24.6 Å². The maximum Gasteiger partial charge on any atom is 0.335 e. The lowest BCUT2D eigenvalue weighted by molar-refractivity contribution is 0.0697. The van der Waals surface area contributed by atoms with Crippen LogP contribution in [0.15, 0.2) is 18.2 Å². The zero-order valence-electron chi connectivity index (χ0n) is 10.1. The monoisotopic (exact) mass is 283 g/mol. The number of carboxylic acids is 1. The molecule has 2 amide bonds. The Balaban J connectivity index is 2.10. The topological polar surface area (TPSA) is 95.7 Å². The van der Waals surface area contributed by atoms with E-state index in [0.29, 0.717) is 18.8 Å². The number of rotatable bonds is 2. The van der Waals surface area contributed by atoms with Crippen LogP contribution < -0.4 is 11.1 Å². The number of benzene rings is 1. The number of nitrogens with zero attached hydrogens (tertiary/aromatic N) is 1. The highest BCUT2D eigenvalue weighted by atomic mass is 35.5. The number of hydrogen-bond acceptors (Lipinski definition) is 3. The van der Waals surface area contributed by atoms with E-state index in [1.165, 1.54) is 18.2 Å². The maximum absolute atomic E-state index is 11.9. The number of carboxylic acid groups (broad SMARTS) is 1. The van der Waals surface area contributed by atoms with Crippen molar-refractivity contribution in [1.29, 1.82) is 0 Å². The molecular formula is C12H14ClN3O3. The van der Waals surface area contributed by atoms with Gasteiger partial charge in [-0.3, -0.25) is 0 Å². The summed E-state index contributed by atoms with van der Waals surface area (Å²) in [5.74, 6) is -1.10. The Labute approximate surface area is 115 Å². The molecule has 1 heterocycles. The molecule has 0 bridgehead atoms. The Hall–Kier alpha value is -1.79. The number of aromatic carboxylic acids is 1. The predicted molar refractivity (Wildman–Crippen MR) is 71.6 cm³/mol. The second kappa shape index (κ2) is 5.46. The molecule has 19 heavy (non-hydrogen) atoms. The fraction of sp³-hybridized carbons (Fsp3) is 0.333. The van der Waals surface area contributed by atoms with Gasteiger partial charge in [-0.1, -0.05) is 11.6 Å². The van der Waals surface area contributed by atoms with Crippen LogP contribution in [0.3, 0.4) is 0 Å². The molecule has 1 aliphatic heterocycles. The van der Waals surface area contributed by atoms with Gasteiger partial charge in [0.2, 0.25) is 0 Å². The second-order valence-corrected chi connectivity index (χ2v) is 4.90. The van der Waals surface area contributed by atoms with Crippen molar-refractivity contribution in [2.75, 3.05) is 18.4 Å². The zero-order chi connectivity index (χ0) is 14.0. The van der Waals surface area contributed by atoms with E-state index in [1.54, 1.807) is 4.90 Å². The first-order valence-corrected chi connectivity index (χ1v) is 6.19. The minimum absolute atomic E-state index is 0.000285. The summed E-state index contributed by atoms with van der Waals surface area (Å²) >= 11 is 5.81. The Morgan fingerprint density at radius 1 is 1.42 bits per heavy atom. The Bertz CT molecular complexity index is 521. The fourth-order valence-corrected chi connectivity index (χ4v) is 2.19. The largest absolute Gasteiger partial charge is 0.478 e. The van der Waals surface area contributed by atoms with Gasteiger partial charge in [0.05, 0.1) is 5.56 Å². The van der Waals surface area contributed by atoms with Crippen LogP contribution in [-0.4, -0.2) is 41.1 Å². The van der Waals surface area contributed by atoms with Gasteiger partial charge in [-0.15, -0.1) is 0 Å². The zero-order valence-corrected chi connectivity index (χ0v) is 10.9. The van der Waals surface area contributed by atoms with Crippen molar-refractivity contribution < 1.29 is 14.7 Å². The van der Waals surface area contributed by atoms with Crippen LogP contribution in [0.2, 0.25) is 5.02 Å². The smallest absolute Gasteiger partial charge is 0.335 e. The van der Waals surface area contributed by atoms with Crippen molar-refractivity contribution in [3.05, 3.63) is 28.8 Å². The van der Waals surface area contributed by atoms with Gasteiger partial charge in [0.25, 0.3) is 0 Å². The summed E-state index contributed by atoms with van der Waals surface area (Å²) in [7, 11) is 0. The number of carbonyl (C=O) groups is 2. The normalized spacial score (nSPS) is 18.4. The maximum atomic E-state index is 11.9. The predicted octanol–water partition coefficient (Wildman–Crippen LogP) is 1.60. The highest BCUT2D eigenvalue weighted by Gasteiger charge is 2.23. The van der Waals surface area contributed by atoms with Gasteiger partial charge in [-0.25, -0.2) is 9.59 Å². The van der Waals surface area contributed by atoms with Crippen molar-refractivity contribution in [2.45, 2.75) is 12.5 Å². The third kappa shape index (κ3) is 3.36. The van der Waals surface area contributed by atoms with Crippen LogP contribution >= 0.6 is 11.6 Å². The molecule has 1 unspecified atom stereocenters. The summed E-state index contributed by atoms with van der Waals surface area (Å²) in [6.07, 6.45) is 0.767. The van der Waals surface area contributed by atoms with Gasteiger partial charge >= 0.3 is 12.0 Å². The molecular weight excluding hydrogens is 270 g/mol. The van der Waals surface area contributed by atoms with Crippen LogP contribution in [0.5, 0.6) is 0 Å². The van der Waals surface area contributed by atoms with Gasteiger partial charge < -0.3 is 21.1 Å². The fourth-order valence-electron chi connectivity index (χ4n) is 1.96. The lowest BCUT2D eigenvalue weighted by atomic mass is 10.2. The van der Waals surface area contributed by atoms with E-state index in [0.717, 1.165) is 6.42 Å². The van der Waals surface area contributed by atoms with Crippen LogP contribution in [0.25, 0.3) is 0 Å². The van der Waals surface area contributed by atoms with Crippen molar-refractivity contribution in [1.82, 2.24) is 4.90 Å². The molecule has 2 rings (SSSR count). The summed E-state index contributed by atoms with van der Waals surface area (Å²) < 4.78 is 0. The molecule has 1 aromatic carbocycles. The van der Waals surface area contributed by atoms with Crippen LogP contribution in [0.1, 0.15) is 16.8 Å². The van der Waals surface area contributed by atoms with Crippen molar-refractivity contribution in [3.63, 3.8) is 0 Å². The number of nitrogens with one attached hydrogen (secondary N) is 1.